The Morgan fingerprint density at radius 2 is 2.05 bits per heavy atom. The Hall–Kier alpha value is -0.940. The van der Waals surface area contributed by atoms with Gasteiger partial charge < -0.3 is 4.90 Å². The average molecular weight is 299 g/mol. The molecular formula is C12H17N3O2S2. The molecule has 0 atom stereocenters. The van der Waals surface area contributed by atoms with E-state index in [-0.39, 0.29) is 4.21 Å². The molecule has 1 aliphatic heterocycles. The van der Waals surface area contributed by atoms with E-state index in [2.05, 4.69) is 15.7 Å². The molecule has 1 aromatic rings. The van der Waals surface area contributed by atoms with Crippen molar-refractivity contribution in [3.63, 3.8) is 0 Å². The summed E-state index contributed by atoms with van der Waals surface area (Å²) < 4.78 is 27.5. The van der Waals surface area contributed by atoms with Crippen molar-refractivity contribution in [3.05, 3.63) is 17.0 Å². The third-order valence-corrected chi connectivity index (χ3v) is 6.39. The standard InChI is InChI=1S/C12H17N3O2S2/c1-10-3-4-11(18-10)19(16,17)14-12(9-13)5-7-15(2)8-6-12/h3-4,14H,5-8H2,1-2H3. The molecule has 7 heteroatoms. The number of likely N-dealkylation sites (tertiary alicyclic amines) is 1. The first-order valence-electron chi connectivity index (χ1n) is 6.07. The molecule has 19 heavy (non-hydrogen) atoms. The summed E-state index contributed by atoms with van der Waals surface area (Å²) in [7, 11) is -1.63. The van der Waals surface area contributed by atoms with Crippen LogP contribution in [-0.2, 0) is 10.0 Å². The van der Waals surface area contributed by atoms with Gasteiger partial charge in [-0.2, -0.15) is 9.98 Å². The Kier molecular flexibility index (Phi) is 3.97. The number of nitrogens with zero attached hydrogens (tertiary/aromatic N) is 2. The number of piperidine rings is 1. The van der Waals surface area contributed by atoms with E-state index in [4.69, 9.17) is 0 Å². The van der Waals surface area contributed by atoms with Crippen LogP contribution in [0.2, 0.25) is 0 Å². The maximum atomic E-state index is 12.3. The second kappa shape index (κ2) is 5.21. The first kappa shape index (κ1) is 14.5. The number of hydrogen-bond acceptors (Lipinski definition) is 5. The van der Waals surface area contributed by atoms with Gasteiger partial charge in [-0.25, -0.2) is 8.42 Å². The Bertz CT molecular complexity index is 593. The summed E-state index contributed by atoms with van der Waals surface area (Å²) in [5, 5.41) is 9.35. The van der Waals surface area contributed by atoms with E-state index in [9.17, 15) is 13.7 Å². The van der Waals surface area contributed by atoms with Crippen molar-refractivity contribution in [1.82, 2.24) is 9.62 Å². The highest BCUT2D eigenvalue weighted by molar-refractivity contribution is 7.91. The minimum atomic E-state index is -3.60. The van der Waals surface area contributed by atoms with Crippen LogP contribution in [-0.4, -0.2) is 39.0 Å². The number of sulfonamides is 1. The van der Waals surface area contributed by atoms with E-state index in [1.165, 1.54) is 11.3 Å². The molecule has 1 aromatic heterocycles. The highest BCUT2D eigenvalue weighted by atomic mass is 32.2. The molecule has 2 rings (SSSR count). The van der Waals surface area contributed by atoms with Crippen LogP contribution in [0.3, 0.4) is 0 Å². The normalized spacial score (nSPS) is 20.1. The van der Waals surface area contributed by atoms with E-state index in [0.717, 1.165) is 18.0 Å². The smallest absolute Gasteiger partial charge is 0.251 e. The molecule has 1 fully saturated rings. The Balaban J connectivity index is 2.21. The van der Waals surface area contributed by atoms with Gasteiger partial charge >= 0.3 is 0 Å². The van der Waals surface area contributed by atoms with Crippen molar-refractivity contribution in [2.45, 2.75) is 29.5 Å². The van der Waals surface area contributed by atoms with Gasteiger partial charge in [0.05, 0.1) is 6.07 Å². The van der Waals surface area contributed by atoms with Crippen molar-refractivity contribution in [2.24, 2.45) is 0 Å². The lowest BCUT2D eigenvalue weighted by Gasteiger charge is -2.35. The molecule has 0 amide bonds. The number of rotatable bonds is 3. The minimum Gasteiger partial charge on any atom is -0.306 e. The topological polar surface area (TPSA) is 73.2 Å². The number of nitrogens with one attached hydrogen (secondary N) is 1. The predicted molar refractivity (Wildman–Crippen MR) is 74.5 cm³/mol. The largest absolute Gasteiger partial charge is 0.306 e. The molecule has 0 spiro atoms. The van der Waals surface area contributed by atoms with Crippen LogP contribution < -0.4 is 4.72 Å². The van der Waals surface area contributed by atoms with Crippen molar-refractivity contribution < 1.29 is 8.42 Å². The van der Waals surface area contributed by atoms with E-state index < -0.39 is 15.6 Å². The highest BCUT2D eigenvalue weighted by Gasteiger charge is 2.38. The summed E-state index contributed by atoms with van der Waals surface area (Å²) in [5.74, 6) is 0. The number of hydrogen-bond donors (Lipinski definition) is 1. The molecule has 5 nitrogen and oxygen atoms in total. The van der Waals surface area contributed by atoms with Crippen molar-refractivity contribution in [1.29, 1.82) is 5.26 Å². The van der Waals surface area contributed by atoms with Crippen LogP contribution >= 0.6 is 11.3 Å². The Labute approximate surface area is 117 Å². The lowest BCUT2D eigenvalue weighted by atomic mass is 9.91. The van der Waals surface area contributed by atoms with E-state index in [1.54, 1.807) is 12.1 Å². The maximum absolute atomic E-state index is 12.3. The maximum Gasteiger partial charge on any atom is 0.251 e. The van der Waals surface area contributed by atoms with Gasteiger partial charge in [0, 0.05) is 18.0 Å². The summed E-state index contributed by atoms with van der Waals surface area (Å²) in [6.45, 7) is 3.30. The molecule has 0 radical (unpaired) electrons. The van der Waals surface area contributed by atoms with E-state index in [0.29, 0.717) is 12.8 Å². The van der Waals surface area contributed by atoms with Crippen molar-refractivity contribution >= 4 is 21.4 Å². The first-order valence-corrected chi connectivity index (χ1v) is 8.37. The van der Waals surface area contributed by atoms with Crippen LogP contribution in [0.5, 0.6) is 0 Å². The molecule has 1 aliphatic rings. The summed E-state index contributed by atoms with van der Waals surface area (Å²) >= 11 is 1.22. The van der Waals surface area contributed by atoms with Crippen LogP contribution in [0.25, 0.3) is 0 Å². The molecule has 1 saturated heterocycles. The zero-order valence-corrected chi connectivity index (χ0v) is 12.6. The minimum absolute atomic E-state index is 0.276. The first-order chi connectivity index (χ1) is 8.87. The van der Waals surface area contributed by atoms with Gasteiger partial charge in [-0.05, 0) is 38.9 Å². The van der Waals surface area contributed by atoms with Crippen LogP contribution in [0.1, 0.15) is 17.7 Å². The molecular weight excluding hydrogens is 282 g/mol. The number of thiophene rings is 1. The number of aryl methyl sites for hydroxylation is 1. The third kappa shape index (κ3) is 3.15. The fourth-order valence-corrected chi connectivity index (χ4v) is 4.76. The molecule has 1 N–H and O–H groups in total. The molecule has 0 saturated carbocycles. The van der Waals surface area contributed by atoms with E-state index >= 15 is 0 Å². The highest BCUT2D eigenvalue weighted by Crippen LogP contribution is 2.26. The zero-order chi connectivity index (χ0) is 14.1. The summed E-state index contributed by atoms with van der Waals surface area (Å²) in [6, 6.07) is 5.51. The van der Waals surface area contributed by atoms with Gasteiger partial charge in [-0.1, -0.05) is 0 Å². The molecule has 104 valence electrons. The molecule has 0 aliphatic carbocycles. The summed E-state index contributed by atoms with van der Waals surface area (Å²) in [6.07, 6.45) is 1.03. The fourth-order valence-electron chi connectivity index (χ4n) is 2.10. The Morgan fingerprint density at radius 1 is 1.42 bits per heavy atom. The third-order valence-electron chi connectivity index (χ3n) is 3.36. The van der Waals surface area contributed by atoms with Crippen LogP contribution in [0.15, 0.2) is 16.3 Å². The predicted octanol–water partition coefficient (Wildman–Crippen LogP) is 1.32. The van der Waals surface area contributed by atoms with Crippen LogP contribution in [0.4, 0.5) is 0 Å². The second-order valence-corrected chi connectivity index (χ2v) is 8.16. The quantitative estimate of drug-likeness (QED) is 0.913. The van der Waals surface area contributed by atoms with Crippen LogP contribution in [0, 0.1) is 18.3 Å². The Morgan fingerprint density at radius 3 is 2.53 bits per heavy atom. The second-order valence-electron chi connectivity index (χ2n) is 4.97. The number of nitriles is 1. The zero-order valence-electron chi connectivity index (χ0n) is 11.0. The van der Waals surface area contributed by atoms with Crippen molar-refractivity contribution in [2.75, 3.05) is 20.1 Å². The van der Waals surface area contributed by atoms with Gasteiger partial charge in [0.2, 0.25) is 0 Å². The van der Waals surface area contributed by atoms with Gasteiger partial charge in [0.15, 0.2) is 0 Å². The summed E-state index contributed by atoms with van der Waals surface area (Å²) in [5.41, 5.74) is -0.969. The molecule has 2 heterocycles. The summed E-state index contributed by atoms with van der Waals surface area (Å²) in [4.78, 5) is 3.04. The van der Waals surface area contributed by atoms with Gasteiger partial charge in [-0.15, -0.1) is 11.3 Å². The van der Waals surface area contributed by atoms with Gasteiger partial charge in [-0.3, -0.25) is 0 Å². The van der Waals surface area contributed by atoms with Crippen molar-refractivity contribution in [3.8, 4) is 6.07 Å². The molecule has 0 aromatic carbocycles. The molecule has 0 bridgehead atoms. The lowest BCUT2D eigenvalue weighted by molar-refractivity contribution is 0.213. The lowest BCUT2D eigenvalue weighted by Crippen LogP contribution is -2.53. The van der Waals surface area contributed by atoms with E-state index in [1.807, 2.05) is 14.0 Å². The monoisotopic (exact) mass is 299 g/mol. The van der Waals surface area contributed by atoms with Gasteiger partial charge in [0.1, 0.15) is 9.75 Å². The SMILES string of the molecule is Cc1ccc(S(=O)(=O)NC2(C#N)CCN(C)CC2)s1. The average Bonchev–Trinajstić information content (AvgIpc) is 2.80. The van der Waals surface area contributed by atoms with Gasteiger partial charge in [0.25, 0.3) is 10.0 Å². The molecule has 0 unspecified atom stereocenters. The fraction of sp³-hybridized carbons (Fsp3) is 0.583.